The van der Waals surface area contributed by atoms with Crippen molar-refractivity contribution < 1.29 is 14.3 Å². The maximum atomic E-state index is 12.2. The number of hydrogen-bond donors (Lipinski definition) is 2. The van der Waals surface area contributed by atoms with Crippen LogP contribution in [0.1, 0.15) is 21.5 Å². The molecule has 118 valence electrons. The van der Waals surface area contributed by atoms with Crippen molar-refractivity contribution in [1.82, 2.24) is 5.43 Å². The Bertz CT molecular complexity index is 775. The fourth-order valence-corrected chi connectivity index (χ4v) is 2.19. The van der Waals surface area contributed by atoms with Crippen LogP contribution in [-0.2, 0) is 0 Å². The van der Waals surface area contributed by atoms with Crippen molar-refractivity contribution in [2.24, 2.45) is 10.8 Å². The van der Waals surface area contributed by atoms with Crippen LogP contribution in [0.2, 0.25) is 0 Å². The lowest BCUT2D eigenvalue weighted by molar-refractivity contribution is 0.0734. The summed E-state index contributed by atoms with van der Waals surface area (Å²) in [6.45, 7) is 1.89. The molecule has 0 aliphatic rings. The lowest BCUT2D eigenvalue weighted by atomic mass is 10.1. The zero-order valence-electron chi connectivity index (χ0n) is 12.2. The molecule has 7 heteroatoms. The van der Waals surface area contributed by atoms with Gasteiger partial charge in [0.2, 0.25) is 0 Å². The molecule has 23 heavy (non-hydrogen) atoms. The number of carbonyl (C=O) groups is 2. The smallest absolute Gasteiger partial charge is 0.343 e. The van der Waals surface area contributed by atoms with Crippen molar-refractivity contribution in [3.8, 4) is 5.75 Å². The quantitative estimate of drug-likeness (QED) is 0.372. The minimum Gasteiger partial charge on any atom is -0.422 e. The van der Waals surface area contributed by atoms with Crippen LogP contribution >= 0.6 is 15.9 Å². The molecule has 3 N–H and O–H groups in total. The maximum Gasteiger partial charge on any atom is 0.343 e. The van der Waals surface area contributed by atoms with Gasteiger partial charge >= 0.3 is 12.0 Å². The third kappa shape index (κ3) is 4.93. The molecule has 0 atom stereocenters. The van der Waals surface area contributed by atoms with Crippen molar-refractivity contribution in [3.63, 3.8) is 0 Å². The Labute approximate surface area is 141 Å². The molecule has 0 bridgehead atoms. The zero-order valence-corrected chi connectivity index (χ0v) is 13.8. The van der Waals surface area contributed by atoms with Gasteiger partial charge in [-0.2, -0.15) is 5.10 Å². The molecule has 2 aromatic rings. The van der Waals surface area contributed by atoms with Crippen LogP contribution in [0.25, 0.3) is 0 Å². The van der Waals surface area contributed by atoms with Crippen LogP contribution in [0, 0.1) is 6.92 Å². The summed E-state index contributed by atoms with van der Waals surface area (Å²) in [5, 5.41) is 3.68. The number of hydrogen-bond acceptors (Lipinski definition) is 4. The van der Waals surface area contributed by atoms with Crippen LogP contribution in [0.4, 0.5) is 4.79 Å². The molecule has 6 nitrogen and oxygen atoms in total. The molecule has 0 radical (unpaired) electrons. The highest BCUT2D eigenvalue weighted by Gasteiger charge is 2.11. The number of nitrogens with two attached hydrogens (primary N) is 1. The lowest BCUT2D eigenvalue weighted by Gasteiger charge is -2.08. The Morgan fingerprint density at radius 3 is 2.74 bits per heavy atom. The Kier molecular flexibility index (Phi) is 5.48. The van der Waals surface area contributed by atoms with E-state index in [0.717, 1.165) is 10.0 Å². The van der Waals surface area contributed by atoms with Crippen LogP contribution in [0.3, 0.4) is 0 Å². The monoisotopic (exact) mass is 375 g/mol. The van der Waals surface area contributed by atoms with Gasteiger partial charge < -0.3 is 10.5 Å². The summed E-state index contributed by atoms with van der Waals surface area (Å²) >= 11 is 3.32. The number of esters is 1. The molecular weight excluding hydrogens is 362 g/mol. The summed E-state index contributed by atoms with van der Waals surface area (Å²) in [4.78, 5) is 22.9. The highest BCUT2D eigenvalue weighted by Crippen LogP contribution is 2.23. The molecule has 2 amide bonds. The second-order valence-electron chi connectivity index (χ2n) is 4.68. The van der Waals surface area contributed by atoms with E-state index in [9.17, 15) is 9.59 Å². The Morgan fingerprint density at radius 2 is 2.04 bits per heavy atom. The van der Waals surface area contributed by atoms with Crippen molar-refractivity contribution in [1.29, 1.82) is 0 Å². The largest absolute Gasteiger partial charge is 0.422 e. The number of carbonyl (C=O) groups excluding carboxylic acids is 2. The Morgan fingerprint density at radius 1 is 1.26 bits per heavy atom. The predicted octanol–water partition coefficient (Wildman–Crippen LogP) is 2.98. The van der Waals surface area contributed by atoms with Crippen LogP contribution in [-0.4, -0.2) is 18.2 Å². The van der Waals surface area contributed by atoms with E-state index in [0.29, 0.717) is 16.9 Å². The Hall–Kier alpha value is -2.67. The van der Waals surface area contributed by atoms with Gasteiger partial charge in [0.05, 0.1) is 11.8 Å². The molecule has 0 aliphatic carbocycles. The van der Waals surface area contributed by atoms with Crippen LogP contribution in [0.15, 0.2) is 52.0 Å². The third-order valence-corrected chi connectivity index (χ3v) is 3.30. The second kappa shape index (κ2) is 7.55. The number of amides is 2. The number of hydrazone groups is 1. The van der Waals surface area contributed by atoms with Gasteiger partial charge in [-0.3, -0.25) is 0 Å². The number of urea groups is 1. The number of aryl methyl sites for hydroxylation is 1. The molecule has 0 saturated carbocycles. The fraction of sp³-hybridized carbons (Fsp3) is 0.0625. The highest BCUT2D eigenvalue weighted by atomic mass is 79.9. The van der Waals surface area contributed by atoms with Gasteiger partial charge in [0.15, 0.2) is 0 Å². The number of ether oxygens (including phenoxy) is 1. The topological polar surface area (TPSA) is 93.8 Å². The molecule has 0 unspecified atom stereocenters. The van der Waals surface area contributed by atoms with Gasteiger partial charge in [0.1, 0.15) is 5.75 Å². The maximum absolute atomic E-state index is 12.2. The van der Waals surface area contributed by atoms with Gasteiger partial charge in [-0.15, -0.1) is 0 Å². The van der Waals surface area contributed by atoms with Crippen LogP contribution in [0.5, 0.6) is 5.75 Å². The van der Waals surface area contributed by atoms with E-state index in [1.807, 2.05) is 13.0 Å². The standard InChI is InChI=1S/C16H14BrN3O3/c1-10-3-2-4-11(7-10)15(21)23-14-6-5-13(17)8-12(14)9-19-20-16(18)22/h2-9H,1H3,(H3,18,20,22)/b19-9-. The van der Waals surface area contributed by atoms with Crippen molar-refractivity contribution in [2.45, 2.75) is 6.92 Å². The SMILES string of the molecule is Cc1cccc(C(=O)Oc2ccc(Br)cc2/C=N\NC(N)=O)c1. The second-order valence-corrected chi connectivity index (χ2v) is 5.59. The van der Waals surface area contributed by atoms with E-state index in [1.165, 1.54) is 6.21 Å². The minimum atomic E-state index is -0.783. The first-order valence-corrected chi connectivity index (χ1v) is 7.42. The molecule has 0 aromatic heterocycles. The first-order chi connectivity index (χ1) is 11.0. The van der Waals surface area contributed by atoms with Gasteiger partial charge in [-0.05, 0) is 37.3 Å². The molecule has 0 heterocycles. The third-order valence-electron chi connectivity index (χ3n) is 2.81. The molecule has 2 rings (SSSR count). The van der Waals surface area contributed by atoms with E-state index in [4.69, 9.17) is 10.5 Å². The van der Waals surface area contributed by atoms with E-state index in [-0.39, 0.29) is 0 Å². The Balaban J connectivity index is 2.23. The number of nitrogens with one attached hydrogen (secondary N) is 1. The highest BCUT2D eigenvalue weighted by molar-refractivity contribution is 9.10. The normalized spacial score (nSPS) is 10.5. The fourth-order valence-electron chi connectivity index (χ4n) is 1.81. The van der Waals surface area contributed by atoms with Crippen molar-refractivity contribution in [3.05, 3.63) is 63.6 Å². The van der Waals surface area contributed by atoms with Gasteiger partial charge in [0.25, 0.3) is 0 Å². The molecule has 0 spiro atoms. The zero-order chi connectivity index (χ0) is 16.8. The number of rotatable bonds is 4. The lowest BCUT2D eigenvalue weighted by Crippen LogP contribution is -2.24. The van der Waals surface area contributed by atoms with Gasteiger partial charge in [-0.1, -0.05) is 33.6 Å². The summed E-state index contributed by atoms with van der Waals surface area (Å²) in [7, 11) is 0. The van der Waals surface area contributed by atoms with Gasteiger partial charge in [-0.25, -0.2) is 15.0 Å². The number of halogens is 1. The van der Waals surface area contributed by atoms with Crippen molar-refractivity contribution in [2.75, 3.05) is 0 Å². The molecule has 0 aliphatic heterocycles. The van der Waals surface area contributed by atoms with E-state index >= 15 is 0 Å². The van der Waals surface area contributed by atoms with E-state index < -0.39 is 12.0 Å². The molecule has 2 aromatic carbocycles. The molecular formula is C16H14BrN3O3. The number of nitrogens with zero attached hydrogens (tertiary/aromatic N) is 1. The summed E-state index contributed by atoms with van der Waals surface area (Å²) in [5.74, 6) is -0.164. The minimum absolute atomic E-state index is 0.315. The first-order valence-electron chi connectivity index (χ1n) is 6.62. The van der Waals surface area contributed by atoms with E-state index in [2.05, 4.69) is 26.5 Å². The molecule has 0 saturated heterocycles. The summed E-state index contributed by atoms with van der Waals surface area (Å²) < 4.78 is 6.18. The van der Waals surface area contributed by atoms with E-state index in [1.54, 1.807) is 36.4 Å². The summed E-state index contributed by atoms with van der Waals surface area (Å²) in [5.41, 5.74) is 8.94. The number of primary amides is 1. The van der Waals surface area contributed by atoms with Crippen LogP contribution < -0.4 is 15.9 Å². The average molecular weight is 376 g/mol. The number of benzene rings is 2. The summed E-state index contributed by atoms with van der Waals surface area (Å²) in [6.07, 6.45) is 1.34. The van der Waals surface area contributed by atoms with Crippen molar-refractivity contribution >= 4 is 34.1 Å². The molecule has 0 fully saturated rings. The predicted molar refractivity (Wildman–Crippen MR) is 90.6 cm³/mol. The first kappa shape index (κ1) is 16.7. The summed E-state index contributed by atoms with van der Waals surface area (Å²) in [6, 6.07) is 11.4. The van der Waals surface area contributed by atoms with Gasteiger partial charge in [0, 0.05) is 10.0 Å². The average Bonchev–Trinajstić information content (AvgIpc) is 2.49.